The molecule has 1 saturated heterocycles. The number of piperidine rings is 1. The normalized spacial score (nSPS) is 14.5. The smallest absolute Gasteiger partial charge is 0.236 e. The average molecular weight is 355 g/mol. The number of hydrogen-bond acceptors (Lipinski definition) is 4. The molecule has 1 aliphatic heterocycles. The number of nitriles is 1. The van der Waals surface area contributed by atoms with Crippen LogP contribution in [0.15, 0.2) is 24.3 Å². The van der Waals surface area contributed by atoms with Crippen molar-refractivity contribution < 1.29 is 14.4 Å². The first-order valence-electron chi connectivity index (χ1n) is 9.01. The van der Waals surface area contributed by atoms with Crippen LogP contribution in [0.4, 0.5) is 0 Å². The largest absolute Gasteiger partial charge is 0.356 e. The molecule has 26 heavy (non-hydrogen) atoms. The molecule has 0 spiro atoms. The van der Waals surface area contributed by atoms with Gasteiger partial charge in [-0.2, -0.15) is 5.26 Å². The van der Waals surface area contributed by atoms with E-state index in [4.69, 9.17) is 5.26 Å². The quantitative estimate of drug-likeness (QED) is 0.760. The van der Waals surface area contributed by atoms with E-state index in [1.807, 2.05) is 25.1 Å². The third-order valence-corrected chi connectivity index (χ3v) is 4.74. The first-order chi connectivity index (χ1) is 12.5. The fourth-order valence-electron chi connectivity index (χ4n) is 3.02. The maximum absolute atomic E-state index is 12.1. The van der Waals surface area contributed by atoms with Crippen molar-refractivity contribution in [2.24, 2.45) is 5.92 Å². The van der Waals surface area contributed by atoms with E-state index in [0.29, 0.717) is 31.1 Å². The number of rotatable bonds is 7. The predicted octanol–water partition coefficient (Wildman–Crippen LogP) is 2.23. The van der Waals surface area contributed by atoms with Gasteiger partial charge in [0, 0.05) is 38.0 Å². The molecule has 1 fully saturated rings. The minimum Gasteiger partial charge on any atom is -0.356 e. The van der Waals surface area contributed by atoms with Crippen molar-refractivity contribution in [3.63, 3.8) is 0 Å². The summed E-state index contributed by atoms with van der Waals surface area (Å²) in [7, 11) is 0. The lowest BCUT2D eigenvalue weighted by Gasteiger charge is -2.31. The maximum Gasteiger partial charge on any atom is 0.236 e. The van der Waals surface area contributed by atoms with E-state index in [2.05, 4.69) is 5.32 Å². The monoisotopic (exact) mass is 355 g/mol. The molecule has 0 unspecified atom stereocenters. The fourth-order valence-corrected chi connectivity index (χ4v) is 3.02. The van der Waals surface area contributed by atoms with Gasteiger partial charge in [-0.25, -0.2) is 0 Å². The Bertz CT molecular complexity index is 683. The van der Waals surface area contributed by atoms with E-state index in [1.165, 1.54) is 0 Å². The SMILES string of the molecule is Cc1ccc(C(=O)CCC(=O)NCC2CCN(C(=O)CC#N)CC2)cc1. The van der Waals surface area contributed by atoms with Crippen molar-refractivity contribution in [1.29, 1.82) is 5.26 Å². The Morgan fingerprint density at radius 1 is 1.15 bits per heavy atom. The van der Waals surface area contributed by atoms with E-state index >= 15 is 0 Å². The lowest BCUT2D eigenvalue weighted by molar-refractivity contribution is -0.131. The van der Waals surface area contributed by atoms with Crippen LogP contribution < -0.4 is 5.32 Å². The molecule has 0 bridgehead atoms. The molecule has 0 saturated carbocycles. The zero-order valence-corrected chi connectivity index (χ0v) is 15.2. The van der Waals surface area contributed by atoms with Crippen molar-refractivity contribution in [2.75, 3.05) is 19.6 Å². The van der Waals surface area contributed by atoms with Crippen LogP contribution >= 0.6 is 0 Å². The summed E-state index contributed by atoms with van der Waals surface area (Å²) in [5.74, 6) is 0.0698. The summed E-state index contributed by atoms with van der Waals surface area (Å²) in [6.07, 6.45) is 1.96. The van der Waals surface area contributed by atoms with E-state index in [-0.39, 0.29) is 36.9 Å². The Balaban J connectivity index is 1.65. The molecule has 6 nitrogen and oxygen atoms in total. The van der Waals surface area contributed by atoms with Gasteiger partial charge in [0.1, 0.15) is 6.42 Å². The van der Waals surface area contributed by atoms with Gasteiger partial charge in [-0.05, 0) is 25.7 Å². The van der Waals surface area contributed by atoms with Gasteiger partial charge in [0.2, 0.25) is 11.8 Å². The van der Waals surface area contributed by atoms with Gasteiger partial charge in [0.05, 0.1) is 6.07 Å². The van der Waals surface area contributed by atoms with Crippen LogP contribution in [0.1, 0.15) is 48.0 Å². The number of hydrogen-bond donors (Lipinski definition) is 1. The Morgan fingerprint density at radius 3 is 2.42 bits per heavy atom. The number of carbonyl (C=O) groups excluding carboxylic acids is 3. The van der Waals surface area contributed by atoms with Gasteiger partial charge < -0.3 is 10.2 Å². The molecule has 0 radical (unpaired) electrons. The van der Waals surface area contributed by atoms with Gasteiger partial charge in [-0.3, -0.25) is 14.4 Å². The molecular formula is C20H25N3O3. The molecule has 0 aliphatic carbocycles. The molecule has 0 aromatic heterocycles. The van der Waals surface area contributed by atoms with Crippen LogP contribution in [0.2, 0.25) is 0 Å². The van der Waals surface area contributed by atoms with Gasteiger partial charge >= 0.3 is 0 Å². The second-order valence-corrected chi connectivity index (χ2v) is 6.75. The van der Waals surface area contributed by atoms with Crippen LogP contribution in [-0.4, -0.2) is 42.1 Å². The number of nitrogens with one attached hydrogen (secondary N) is 1. The molecule has 1 aromatic carbocycles. The lowest BCUT2D eigenvalue weighted by Crippen LogP contribution is -2.41. The first-order valence-corrected chi connectivity index (χ1v) is 9.01. The van der Waals surface area contributed by atoms with E-state index in [9.17, 15) is 14.4 Å². The number of carbonyl (C=O) groups is 3. The molecule has 1 aliphatic rings. The Hall–Kier alpha value is -2.68. The Morgan fingerprint density at radius 2 is 1.81 bits per heavy atom. The summed E-state index contributed by atoms with van der Waals surface area (Å²) >= 11 is 0. The highest BCUT2D eigenvalue weighted by Crippen LogP contribution is 2.17. The van der Waals surface area contributed by atoms with E-state index in [1.54, 1.807) is 17.0 Å². The highest BCUT2D eigenvalue weighted by Gasteiger charge is 2.22. The summed E-state index contributed by atoms with van der Waals surface area (Å²) in [5.41, 5.74) is 1.73. The molecular weight excluding hydrogens is 330 g/mol. The number of amides is 2. The van der Waals surface area contributed by atoms with Crippen molar-refractivity contribution in [3.8, 4) is 6.07 Å². The molecule has 2 rings (SSSR count). The summed E-state index contributed by atoms with van der Waals surface area (Å²) in [6.45, 7) is 3.80. The first kappa shape index (κ1) is 19.6. The highest BCUT2D eigenvalue weighted by atomic mass is 16.2. The Kier molecular flexibility index (Phi) is 7.34. The van der Waals surface area contributed by atoms with Gasteiger partial charge in [0.25, 0.3) is 0 Å². The summed E-state index contributed by atoms with van der Waals surface area (Å²) in [6, 6.07) is 9.24. The average Bonchev–Trinajstić information content (AvgIpc) is 2.65. The topological polar surface area (TPSA) is 90.3 Å². The zero-order valence-electron chi connectivity index (χ0n) is 15.2. The maximum atomic E-state index is 12.1. The standard InChI is InChI=1S/C20H25N3O3/c1-15-2-4-17(5-3-15)18(24)6-7-19(25)22-14-16-9-12-23(13-10-16)20(26)8-11-21/h2-5,16H,6-10,12-14H2,1H3,(H,22,25). The van der Waals surface area contributed by atoms with Crippen LogP contribution in [0, 0.1) is 24.2 Å². The second kappa shape index (κ2) is 9.71. The second-order valence-electron chi connectivity index (χ2n) is 6.75. The molecule has 1 aromatic rings. The van der Waals surface area contributed by atoms with Gasteiger partial charge in [-0.1, -0.05) is 29.8 Å². The van der Waals surface area contributed by atoms with E-state index < -0.39 is 0 Å². The minimum absolute atomic E-state index is 0.0236. The number of aryl methyl sites for hydroxylation is 1. The van der Waals surface area contributed by atoms with E-state index in [0.717, 1.165) is 18.4 Å². The van der Waals surface area contributed by atoms with Gasteiger partial charge in [0.15, 0.2) is 5.78 Å². The zero-order chi connectivity index (χ0) is 18.9. The van der Waals surface area contributed by atoms with Crippen molar-refractivity contribution in [2.45, 2.75) is 39.0 Å². The highest BCUT2D eigenvalue weighted by molar-refractivity contribution is 5.97. The molecule has 0 atom stereocenters. The van der Waals surface area contributed by atoms with Crippen molar-refractivity contribution in [1.82, 2.24) is 10.2 Å². The summed E-state index contributed by atoms with van der Waals surface area (Å²) < 4.78 is 0. The molecule has 6 heteroatoms. The fraction of sp³-hybridized carbons (Fsp3) is 0.500. The number of nitrogens with zero attached hydrogens (tertiary/aromatic N) is 2. The predicted molar refractivity (Wildman–Crippen MR) is 97.3 cm³/mol. The van der Waals surface area contributed by atoms with Crippen LogP contribution in [0.5, 0.6) is 0 Å². The lowest BCUT2D eigenvalue weighted by atomic mass is 9.96. The third kappa shape index (κ3) is 5.99. The Labute approximate surface area is 154 Å². The van der Waals surface area contributed by atoms with Gasteiger partial charge in [-0.15, -0.1) is 0 Å². The molecule has 1 N–H and O–H groups in total. The number of benzene rings is 1. The van der Waals surface area contributed by atoms with Crippen LogP contribution in [0.3, 0.4) is 0 Å². The van der Waals surface area contributed by atoms with Crippen molar-refractivity contribution in [3.05, 3.63) is 35.4 Å². The number of Topliss-reactive ketones (excluding diaryl/α,β-unsaturated/α-hetero) is 1. The van der Waals surface area contributed by atoms with Crippen LogP contribution in [-0.2, 0) is 9.59 Å². The minimum atomic E-state index is -0.121. The molecule has 1 heterocycles. The number of likely N-dealkylation sites (tertiary alicyclic amines) is 1. The molecule has 138 valence electrons. The summed E-state index contributed by atoms with van der Waals surface area (Å²) in [4.78, 5) is 37.4. The molecule has 2 amide bonds. The third-order valence-electron chi connectivity index (χ3n) is 4.74. The summed E-state index contributed by atoms with van der Waals surface area (Å²) in [5, 5.41) is 11.5. The van der Waals surface area contributed by atoms with Crippen molar-refractivity contribution >= 4 is 17.6 Å². The van der Waals surface area contributed by atoms with Crippen LogP contribution in [0.25, 0.3) is 0 Å². The number of ketones is 1.